The van der Waals surface area contributed by atoms with Gasteiger partial charge in [0.1, 0.15) is 0 Å². The molecule has 2 bridgehead atoms. The highest BCUT2D eigenvalue weighted by Gasteiger charge is 2.57. The number of rotatable bonds is 2. The molecule has 0 saturated heterocycles. The van der Waals surface area contributed by atoms with E-state index in [0.717, 1.165) is 25.7 Å². The van der Waals surface area contributed by atoms with E-state index in [1.54, 1.807) is 0 Å². The fourth-order valence-electron chi connectivity index (χ4n) is 3.04. The monoisotopic (exact) mass is 197 g/mol. The van der Waals surface area contributed by atoms with Gasteiger partial charge in [-0.1, -0.05) is 0 Å². The molecule has 4 heteroatoms. The number of carbonyl (C=O) groups excluding carboxylic acids is 1. The lowest BCUT2D eigenvalue weighted by Gasteiger charge is -2.31. The highest BCUT2D eigenvalue weighted by atomic mass is 16.4. The molecule has 3 atom stereocenters. The Kier molecular flexibility index (Phi) is 2.01. The van der Waals surface area contributed by atoms with Crippen LogP contribution in [0.2, 0.25) is 0 Å². The number of carbonyl (C=O) groups is 2. The zero-order valence-electron chi connectivity index (χ0n) is 8.25. The van der Waals surface area contributed by atoms with E-state index in [0.29, 0.717) is 5.92 Å². The molecule has 2 saturated carbocycles. The van der Waals surface area contributed by atoms with Gasteiger partial charge in [-0.15, -0.1) is 0 Å². The molecule has 4 nitrogen and oxygen atoms in total. The SMILES string of the molecule is CC(=O)N[C@@H]1C[C@@H]2CC[C@@]1(C(=O)O)C2. The summed E-state index contributed by atoms with van der Waals surface area (Å²) in [4.78, 5) is 22.2. The van der Waals surface area contributed by atoms with Crippen molar-refractivity contribution < 1.29 is 14.7 Å². The molecule has 0 heterocycles. The molecule has 0 aromatic carbocycles. The molecule has 0 radical (unpaired) electrons. The van der Waals surface area contributed by atoms with E-state index in [1.807, 2.05) is 0 Å². The molecule has 78 valence electrons. The van der Waals surface area contributed by atoms with E-state index in [4.69, 9.17) is 0 Å². The van der Waals surface area contributed by atoms with Crippen molar-refractivity contribution in [1.29, 1.82) is 0 Å². The van der Waals surface area contributed by atoms with Gasteiger partial charge >= 0.3 is 5.97 Å². The number of amides is 1. The molecule has 2 rings (SSSR count). The van der Waals surface area contributed by atoms with Crippen molar-refractivity contribution in [1.82, 2.24) is 5.32 Å². The average Bonchev–Trinajstić information content (AvgIpc) is 2.60. The summed E-state index contributed by atoms with van der Waals surface area (Å²) in [6.45, 7) is 1.45. The molecule has 2 fully saturated rings. The van der Waals surface area contributed by atoms with Crippen LogP contribution in [0.1, 0.15) is 32.6 Å². The van der Waals surface area contributed by atoms with Gasteiger partial charge in [-0.3, -0.25) is 9.59 Å². The largest absolute Gasteiger partial charge is 0.481 e. The molecule has 0 aliphatic heterocycles. The lowest BCUT2D eigenvalue weighted by atomic mass is 9.80. The van der Waals surface area contributed by atoms with Crippen molar-refractivity contribution in [3.8, 4) is 0 Å². The van der Waals surface area contributed by atoms with E-state index in [1.165, 1.54) is 6.92 Å². The van der Waals surface area contributed by atoms with Gasteiger partial charge in [0.2, 0.25) is 5.91 Å². The van der Waals surface area contributed by atoms with Crippen LogP contribution in [-0.2, 0) is 9.59 Å². The lowest BCUT2D eigenvalue weighted by molar-refractivity contribution is -0.150. The normalized spacial score (nSPS) is 39.8. The summed E-state index contributed by atoms with van der Waals surface area (Å²) in [5.74, 6) is -0.359. The summed E-state index contributed by atoms with van der Waals surface area (Å²) < 4.78 is 0. The molecular weight excluding hydrogens is 182 g/mol. The Hall–Kier alpha value is -1.06. The Morgan fingerprint density at radius 3 is 2.71 bits per heavy atom. The van der Waals surface area contributed by atoms with E-state index >= 15 is 0 Å². The third kappa shape index (κ3) is 1.21. The first-order valence-corrected chi connectivity index (χ1v) is 5.05. The third-order valence-electron chi connectivity index (χ3n) is 3.69. The first-order valence-electron chi connectivity index (χ1n) is 5.05. The van der Waals surface area contributed by atoms with Crippen LogP contribution in [0.3, 0.4) is 0 Å². The van der Waals surface area contributed by atoms with Crippen molar-refractivity contribution in [3.05, 3.63) is 0 Å². The van der Waals surface area contributed by atoms with Gasteiger partial charge in [-0.05, 0) is 31.6 Å². The molecule has 1 amide bonds. The summed E-state index contributed by atoms with van der Waals surface area (Å²) >= 11 is 0. The maximum absolute atomic E-state index is 11.2. The molecule has 0 spiro atoms. The van der Waals surface area contributed by atoms with Gasteiger partial charge in [0.05, 0.1) is 5.41 Å². The van der Waals surface area contributed by atoms with Crippen LogP contribution in [-0.4, -0.2) is 23.0 Å². The van der Waals surface area contributed by atoms with Gasteiger partial charge in [0.25, 0.3) is 0 Å². The molecule has 14 heavy (non-hydrogen) atoms. The fourth-order valence-corrected chi connectivity index (χ4v) is 3.04. The van der Waals surface area contributed by atoms with E-state index in [9.17, 15) is 14.7 Å². The second kappa shape index (κ2) is 2.97. The number of carboxylic acids is 1. The Morgan fingerprint density at radius 2 is 2.21 bits per heavy atom. The zero-order valence-corrected chi connectivity index (χ0v) is 8.25. The Balaban J connectivity index is 2.19. The van der Waals surface area contributed by atoms with E-state index < -0.39 is 11.4 Å². The topological polar surface area (TPSA) is 66.4 Å². The van der Waals surface area contributed by atoms with Gasteiger partial charge in [-0.25, -0.2) is 0 Å². The van der Waals surface area contributed by atoms with Crippen molar-refractivity contribution in [3.63, 3.8) is 0 Å². The molecule has 2 aliphatic carbocycles. The standard InChI is InChI=1S/C10H15NO3/c1-6(12)11-8-4-7-2-3-10(8,5-7)9(13)14/h7-8H,2-5H2,1H3,(H,11,12)(H,13,14)/t7-,8+,10+/m0/s1. The maximum atomic E-state index is 11.2. The number of nitrogens with one attached hydrogen (secondary N) is 1. The third-order valence-corrected chi connectivity index (χ3v) is 3.69. The number of hydrogen-bond acceptors (Lipinski definition) is 2. The number of hydrogen-bond donors (Lipinski definition) is 2. The van der Waals surface area contributed by atoms with Crippen LogP contribution in [0.15, 0.2) is 0 Å². The first-order chi connectivity index (χ1) is 6.54. The molecule has 0 aromatic heterocycles. The van der Waals surface area contributed by atoms with E-state index in [2.05, 4.69) is 5.32 Å². The molecule has 0 aromatic rings. The van der Waals surface area contributed by atoms with Crippen LogP contribution in [0, 0.1) is 11.3 Å². The summed E-state index contributed by atoms with van der Waals surface area (Å²) in [6.07, 6.45) is 3.31. The minimum absolute atomic E-state index is 0.122. The van der Waals surface area contributed by atoms with Gasteiger partial charge in [-0.2, -0.15) is 0 Å². The fraction of sp³-hybridized carbons (Fsp3) is 0.800. The quantitative estimate of drug-likeness (QED) is 0.687. The van der Waals surface area contributed by atoms with Crippen LogP contribution in [0.25, 0.3) is 0 Å². The Morgan fingerprint density at radius 1 is 1.50 bits per heavy atom. The smallest absolute Gasteiger partial charge is 0.311 e. The van der Waals surface area contributed by atoms with Crippen molar-refractivity contribution in [2.24, 2.45) is 11.3 Å². The summed E-state index contributed by atoms with van der Waals surface area (Å²) in [7, 11) is 0. The minimum atomic E-state index is -0.740. The van der Waals surface area contributed by atoms with Crippen LogP contribution in [0.4, 0.5) is 0 Å². The van der Waals surface area contributed by atoms with Gasteiger partial charge < -0.3 is 10.4 Å². The molecule has 2 aliphatic rings. The predicted molar refractivity (Wildman–Crippen MR) is 49.6 cm³/mol. The van der Waals surface area contributed by atoms with E-state index in [-0.39, 0.29) is 11.9 Å². The Labute approximate surface area is 82.7 Å². The van der Waals surface area contributed by atoms with Gasteiger partial charge in [0.15, 0.2) is 0 Å². The summed E-state index contributed by atoms with van der Waals surface area (Å²) in [5.41, 5.74) is -0.656. The van der Waals surface area contributed by atoms with Crippen molar-refractivity contribution >= 4 is 11.9 Å². The highest BCUT2D eigenvalue weighted by molar-refractivity contribution is 5.79. The number of fused-ring (bicyclic) bond motifs is 2. The number of carboxylic acid groups (broad SMARTS) is 1. The van der Waals surface area contributed by atoms with Crippen LogP contribution < -0.4 is 5.32 Å². The first kappa shape index (κ1) is 9.49. The maximum Gasteiger partial charge on any atom is 0.311 e. The lowest BCUT2D eigenvalue weighted by Crippen LogP contribution is -2.48. The molecular formula is C10H15NO3. The molecule has 2 N–H and O–H groups in total. The second-order valence-electron chi connectivity index (χ2n) is 4.56. The second-order valence-corrected chi connectivity index (χ2v) is 4.56. The average molecular weight is 197 g/mol. The predicted octanol–water partition coefficient (Wildman–Crippen LogP) is 0.766. The summed E-state index contributed by atoms with van der Waals surface area (Å²) in [5, 5.41) is 12.0. The van der Waals surface area contributed by atoms with Crippen molar-refractivity contribution in [2.75, 3.05) is 0 Å². The van der Waals surface area contributed by atoms with Crippen molar-refractivity contribution in [2.45, 2.75) is 38.6 Å². The van der Waals surface area contributed by atoms with Gasteiger partial charge in [0, 0.05) is 13.0 Å². The molecule has 0 unspecified atom stereocenters. The van der Waals surface area contributed by atoms with Crippen LogP contribution >= 0.6 is 0 Å². The summed E-state index contributed by atoms with van der Waals surface area (Å²) in [6, 6.07) is -0.142. The minimum Gasteiger partial charge on any atom is -0.481 e. The highest BCUT2D eigenvalue weighted by Crippen LogP contribution is 2.54. The Bertz CT molecular complexity index is 289. The zero-order chi connectivity index (χ0) is 10.3. The number of aliphatic carboxylic acids is 1. The van der Waals surface area contributed by atoms with Crippen LogP contribution in [0.5, 0.6) is 0 Å².